The minimum Gasteiger partial charge on any atom is -0.507 e. The smallest absolute Gasteiger partial charge is 0.157 e. The van der Waals surface area contributed by atoms with Crippen LogP contribution in [0.4, 0.5) is 0 Å². The van der Waals surface area contributed by atoms with E-state index in [9.17, 15) is 20.4 Å². The minimum atomic E-state index is -0.189. The summed E-state index contributed by atoms with van der Waals surface area (Å²) in [6.45, 7) is 0. The van der Waals surface area contributed by atoms with Crippen LogP contribution in [0.15, 0.2) is 48.5 Å². The van der Waals surface area contributed by atoms with Crippen LogP contribution in [0.5, 0.6) is 23.0 Å². The fourth-order valence-corrected chi connectivity index (χ4v) is 2.41. The van der Waals surface area contributed by atoms with Gasteiger partial charge >= 0.3 is 0 Å². The lowest BCUT2D eigenvalue weighted by Crippen LogP contribution is -1.90. The molecule has 0 unspecified atom stereocenters. The van der Waals surface area contributed by atoms with Crippen molar-refractivity contribution in [2.24, 2.45) is 0 Å². The molecule has 0 aliphatic heterocycles. The molecular weight excluding hydrogens is 268 g/mol. The van der Waals surface area contributed by atoms with E-state index in [1.165, 1.54) is 12.1 Å². The van der Waals surface area contributed by atoms with E-state index in [-0.39, 0.29) is 23.0 Å². The summed E-state index contributed by atoms with van der Waals surface area (Å²) in [6, 6.07) is 13.0. The molecule has 0 aliphatic carbocycles. The first kappa shape index (κ1) is 13.1. The van der Waals surface area contributed by atoms with Crippen molar-refractivity contribution in [3.8, 4) is 23.0 Å². The highest BCUT2D eigenvalue weighted by Crippen LogP contribution is 2.35. The van der Waals surface area contributed by atoms with Gasteiger partial charge in [-0.1, -0.05) is 30.3 Å². The van der Waals surface area contributed by atoms with Gasteiger partial charge in [0.2, 0.25) is 0 Å². The Bertz CT molecular complexity index is 824. The lowest BCUT2D eigenvalue weighted by molar-refractivity contribution is 0.403. The van der Waals surface area contributed by atoms with E-state index in [0.717, 1.165) is 5.56 Å². The van der Waals surface area contributed by atoms with Gasteiger partial charge in [-0.3, -0.25) is 0 Å². The first-order valence-corrected chi connectivity index (χ1v) is 6.49. The fourth-order valence-electron chi connectivity index (χ4n) is 2.41. The fraction of sp³-hybridized carbons (Fsp3) is 0.0588. The Morgan fingerprint density at radius 2 is 1.48 bits per heavy atom. The zero-order valence-corrected chi connectivity index (χ0v) is 11.1. The lowest BCUT2D eigenvalue weighted by atomic mass is 9.99. The summed E-state index contributed by atoms with van der Waals surface area (Å²) in [6.07, 6.45) is 0.408. The molecule has 0 atom stereocenters. The molecule has 4 heteroatoms. The van der Waals surface area contributed by atoms with Crippen LogP contribution < -0.4 is 0 Å². The number of rotatable bonds is 2. The molecular formula is C17H14O4. The number of aromatic hydroxyl groups is 4. The Hall–Kier alpha value is -2.88. The standard InChI is InChI=1S/C17H14O4/c18-14-3-1-2-13-12(14)6-5-11(17(13)21)8-10-4-7-15(19)16(20)9-10/h1-7,9,18-21H,8H2. The van der Waals surface area contributed by atoms with Crippen LogP contribution >= 0.6 is 0 Å². The normalized spacial score (nSPS) is 10.9. The van der Waals surface area contributed by atoms with Gasteiger partial charge in [0.15, 0.2) is 11.5 Å². The van der Waals surface area contributed by atoms with E-state index >= 15 is 0 Å². The number of hydrogen-bond acceptors (Lipinski definition) is 4. The highest BCUT2D eigenvalue weighted by atomic mass is 16.3. The minimum absolute atomic E-state index is 0.107. The summed E-state index contributed by atoms with van der Waals surface area (Å²) in [7, 11) is 0. The molecule has 0 aromatic heterocycles. The Morgan fingerprint density at radius 3 is 2.24 bits per heavy atom. The van der Waals surface area contributed by atoms with Crippen molar-refractivity contribution >= 4 is 10.8 Å². The quantitative estimate of drug-likeness (QED) is 0.544. The van der Waals surface area contributed by atoms with Crippen molar-refractivity contribution in [3.05, 3.63) is 59.7 Å². The van der Waals surface area contributed by atoms with Gasteiger partial charge in [-0.05, 0) is 29.3 Å². The average molecular weight is 282 g/mol. The Morgan fingerprint density at radius 1 is 0.667 bits per heavy atom. The van der Waals surface area contributed by atoms with E-state index in [1.54, 1.807) is 36.4 Å². The molecule has 0 spiro atoms. The molecule has 0 fully saturated rings. The van der Waals surface area contributed by atoms with Gasteiger partial charge in [-0.15, -0.1) is 0 Å². The zero-order valence-electron chi connectivity index (χ0n) is 11.1. The van der Waals surface area contributed by atoms with Crippen molar-refractivity contribution in [2.75, 3.05) is 0 Å². The first-order chi connectivity index (χ1) is 10.1. The summed E-state index contributed by atoms with van der Waals surface area (Å²) in [5.74, 6) is -0.135. The number of fused-ring (bicyclic) bond motifs is 1. The third kappa shape index (κ3) is 2.31. The highest BCUT2D eigenvalue weighted by molar-refractivity contribution is 5.93. The van der Waals surface area contributed by atoms with Crippen LogP contribution in [0.25, 0.3) is 10.8 Å². The summed E-state index contributed by atoms with van der Waals surface area (Å²) in [5, 5.41) is 40.1. The van der Waals surface area contributed by atoms with Gasteiger partial charge in [-0.2, -0.15) is 0 Å². The van der Waals surface area contributed by atoms with Crippen LogP contribution in [0.1, 0.15) is 11.1 Å². The van der Waals surface area contributed by atoms with Crippen LogP contribution in [0, 0.1) is 0 Å². The maximum absolute atomic E-state index is 10.3. The molecule has 3 rings (SSSR count). The summed E-state index contributed by atoms with van der Waals surface area (Å²) < 4.78 is 0. The SMILES string of the molecule is Oc1ccc(Cc2ccc3c(O)cccc3c2O)cc1O. The van der Waals surface area contributed by atoms with Crippen molar-refractivity contribution in [2.45, 2.75) is 6.42 Å². The second kappa shape index (κ2) is 4.90. The summed E-state index contributed by atoms with van der Waals surface area (Å²) in [4.78, 5) is 0. The Labute approximate surface area is 121 Å². The van der Waals surface area contributed by atoms with E-state index in [0.29, 0.717) is 22.8 Å². The molecule has 3 aromatic rings. The van der Waals surface area contributed by atoms with Crippen molar-refractivity contribution in [3.63, 3.8) is 0 Å². The molecule has 0 bridgehead atoms. The molecule has 0 saturated carbocycles. The molecule has 0 amide bonds. The van der Waals surface area contributed by atoms with E-state index in [1.807, 2.05) is 0 Å². The van der Waals surface area contributed by atoms with Gasteiger partial charge in [0.25, 0.3) is 0 Å². The number of phenolic OH excluding ortho intramolecular Hbond substituents is 4. The second-order valence-corrected chi connectivity index (χ2v) is 4.95. The first-order valence-electron chi connectivity index (χ1n) is 6.49. The monoisotopic (exact) mass is 282 g/mol. The second-order valence-electron chi connectivity index (χ2n) is 4.95. The maximum atomic E-state index is 10.3. The van der Waals surface area contributed by atoms with Crippen LogP contribution in [0.3, 0.4) is 0 Å². The third-order valence-electron chi connectivity index (χ3n) is 3.53. The predicted octanol–water partition coefficient (Wildman–Crippen LogP) is 3.25. The molecule has 3 aromatic carbocycles. The number of benzene rings is 3. The predicted molar refractivity (Wildman–Crippen MR) is 79.9 cm³/mol. The number of hydrogen-bond donors (Lipinski definition) is 4. The molecule has 0 radical (unpaired) electrons. The van der Waals surface area contributed by atoms with Gasteiger partial charge in [0, 0.05) is 17.2 Å². The summed E-state index contributed by atoms with van der Waals surface area (Å²) >= 11 is 0. The molecule has 0 aliphatic rings. The molecule has 4 nitrogen and oxygen atoms in total. The third-order valence-corrected chi connectivity index (χ3v) is 3.53. The summed E-state index contributed by atoms with van der Waals surface area (Å²) in [5.41, 5.74) is 1.44. The largest absolute Gasteiger partial charge is 0.507 e. The van der Waals surface area contributed by atoms with Gasteiger partial charge in [0.1, 0.15) is 11.5 Å². The molecule has 21 heavy (non-hydrogen) atoms. The topological polar surface area (TPSA) is 80.9 Å². The van der Waals surface area contributed by atoms with Crippen LogP contribution in [-0.2, 0) is 6.42 Å². The van der Waals surface area contributed by atoms with E-state index in [2.05, 4.69) is 0 Å². The lowest BCUT2D eigenvalue weighted by Gasteiger charge is -2.10. The maximum Gasteiger partial charge on any atom is 0.157 e. The molecule has 4 N–H and O–H groups in total. The Kier molecular flexibility index (Phi) is 3.06. The van der Waals surface area contributed by atoms with Gasteiger partial charge in [0.05, 0.1) is 0 Å². The van der Waals surface area contributed by atoms with E-state index < -0.39 is 0 Å². The van der Waals surface area contributed by atoms with Crippen molar-refractivity contribution in [1.29, 1.82) is 0 Å². The van der Waals surface area contributed by atoms with Gasteiger partial charge < -0.3 is 20.4 Å². The van der Waals surface area contributed by atoms with Gasteiger partial charge in [-0.25, -0.2) is 0 Å². The molecule has 106 valence electrons. The molecule has 0 heterocycles. The number of phenols is 4. The average Bonchev–Trinajstić information content (AvgIpc) is 2.46. The Balaban J connectivity index is 2.05. The molecule has 0 saturated heterocycles. The van der Waals surface area contributed by atoms with Crippen molar-refractivity contribution < 1.29 is 20.4 Å². The van der Waals surface area contributed by atoms with Crippen LogP contribution in [0.2, 0.25) is 0 Å². The van der Waals surface area contributed by atoms with Crippen molar-refractivity contribution in [1.82, 2.24) is 0 Å². The van der Waals surface area contributed by atoms with Crippen LogP contribution in [-0.4, -0.2) is 20.4 Å². The zero-order chi connectivity index (χ0) is 15.0. The van der Waals surface area contributed by atoms with E-state index in [4.69, 9.17) is 0 Å². The highest BCUT2D eigenvalue weighted by Gasteiger charge is 2.10.